The summed E-state index contributed by atoms with van der Waals surface area (Å²) in [5.74, 6) is -0.903. The Balaban J connectivity index is 1.33. The average Bonchev–Trinajstić information content (AvgIpc) is 3.25. The van der Waals surface area contributed by atoms with Crippen LogP contribution in [-0.4, -0.2) is 41.6 Å². The number of anilines is 3. The van der Waals surface area contributed by atoms with Gasteiger partial charge in [0.25, 0.3) is 0 Å². The van der Waals surface area contributed by atoms with Crippen LogP contribution in [0, 0.1) is 5.82 Å². The first kappa shape index (κ1) is 22.9. The minimum atomic E-state index is -4.69. The van der Waals surface area contributed by atoms with Crippen LogP contribution < -0.4 is 16.4 Å². The highest BCUT2D eigenvalue weighted by molar-refractivity contribution is 5.63. The number of alkyl halides is 3. The third-order valence-electron chi connectivity index (χ3n) is 5.83. The predicted molar refractivity (Wildman–Crippen MR) is 120 cm³/mol. The van der Waals surface area contributed by atoms with Crippen LogP contribution in [0.3, 0.4) is 0 Å². The van der Waals surface area contributed by atoms with E-state index < -0.39 is 23.4 Å². The molecule has 0 aromatic carbocycles. The quantitative estimate of drug-likeness (QED) is 0.359. The highest BCUT2D eigenvalue weighted by Gasteiger charge is 2.32. The molecule has 0 radical (unpaired) electrons. The summed E-state index contributed by atoms with van der Waals surface area (Å²) in [5.41, 5.74) is 6.67. The van der Waals surface area contributed by atoms with Crippen LogP contribution in [0.1, 0.15) is 31.2 Å². The van der Waals surface area contributed by atoms with Gasteiger partial charge < -0.3 is 16.4 Å². The van der Waals surface area contributed by atoms with E-state index >= 15 is 0 Å². The van der Waals surface area contributed by atoms with Gasteiger partial charge in [0.1, 0.15) is 5.82 Å². The van der Waals surface area contributed by atoms with Gasteiger partial charge in [-0.05, 0) is 43.9 Å². The van der Waals surface area contributed by atoms with Gasteiger partial charge in [0.2, 0.25) is 5.95 Å². The molecule has 13 heteroatoms. The van der Waals surface area contributed by atoms with E-state index in [0.717, 1.165) is 25.7 Å². The van der Waals surface area contributed by atoms with Crippen LogP contribution in [-0.2, 0) is 6.18 Å². The van der Waals surface area contributed by atoms with Crippen molar-refractivity contribution >= 4 is 23.2 Å². The van der Waals surface area contributed by atoms with Gasteiger partial charge >= 0.3 is 6.18 Å². The van der Waals surface area contributed by atoms with E-state index in [0.29, 0.717) is 41.0 Å². The van der Waals surface area contributed by atoms with Gasteiger partial charge in [-0.15, -0.1) is 5.10 Å². The van der Waals surface area contributed by atoms with Crippen molar-refractivity contribution in [2.45, 2.75) is 43.9 Å². The van der Waals surface area contributed by atoms with Gasteiger partial charge in [-0.2, -0.15) is 13.2 Å². The fourth-order valence-electron chi connectivity index (χ4n) is 3.94. The molecule has 0 atom stereocenters. The number of pyridine rings is 1. The van der Waals surface area contributed by atoms with Crippen molar-refractivity contribution in [1.82, 2.24) is 29.5 Å². The molecule has 0 saturated heterocycles. The largest absolute Gasteiger partial charge is 0.417 e. The van der Waals surface area contributed by atoms with Crippen molar-refractivity contribution in [3.05, 3.63) is 54.4 Å². The Kier molecular flexibility index (Phi) is 5.93. The van der Waals surface area contributed by atoms with E-state index in [1.165, 1.54) is 12.4 Å². The first-order valence-corrected chi connectivity index (χ1v) is 11.0. The molecule has 1 fully saturated rings. The van der Waals surface area contributed by atoms with Crippen molar-refractivity contribution in [2.75, 3.05) is 10.6 Å². The maximum atomic E-state index is 14.1. The monoisotopic (exact) mass is 487 g/mol. The maximum Gasteiger partial charge on any atom is 0.417 e. The second-order valence-corrected chi connectivity index (χ2v) is 8.36. The van der Waals surface area contributed by atoms with Crippen LogP contribution in [0.4, 0.5) is 35.1 Å². The Bertz CT molecular complexity index is 1330. The maximum absolute atomic E-state index is 14.1. The highest BCUT2D eigenvalue weighted by atomic mass is 19.4. The molecule has 0 unspecified atom stereocenters. The van der Waals surface area contributed by atoms with E-state index in [2.05, 4.69) is 35.7 Å². The normalized spacial score (nSPS) is 18.5. The summed E-state index contributed by atoms with van der Waals surface area (Å²) in [6.07, 6.45) is 4.34. The molecule has 182 valence electrons. The molecule has 0 bridgehead atoms. The van der Waals surface area contributed by atoms with Crippen molar-refractivity contribution in [1.29, 1.82) is 0 Å². The molecular formula is C22H21F4N9. The summed E-state index contributed by atoms with van der Waals surface area (Å²) in [6, 6.07) is 4.65. The Morgan fingerprint density at radius 1 is 0.943 bits per heavy atom. The van der Waals surface area contributed by atoms with Crippen LogP contribution in [0.2, 0.25) is 0 Å². The lowest BCUT2D eigenvalue weighted by molar-refractivity contribution is -0.138. The predicted octanol–water partition coefficient (Wildman–Crippen LogP) is 4.16. The van der Waals surface area contributed by atoms with Crippen LogP contribution >= 0.6 is 0 Å². The van der Waals surface area contributed by atoms with E-state index in [1.807, 2.05) is 12.1 Å². The van der Waals surface area contributed by atoms with Gasteiger partial charge in [0.05, 0.1) is 17.5 Å². The van der Waals surface area contributed by atoms with Crippen LogP contribution in [0.15, 0.2) is 43.0 Å². The summed E-state index contributed by atoms with van der Waals surface area (Å²) < 4.78 is 53.8. The van der Waals surface area contributed by atoms with Crippen LogP contribution in [0.25, 0.3) is 16.9 Å². The Hall–Kier alpha value is -3.87. The lowest BCUT2D eigenvalue weighted by Crippen LogP contribution is -2.33. The molecular weight excluding hydrogens is 466 g/mol. The Morgan fingerprint density at radius 3 is 2.37 bits per heavy atom. The summed E-state index contributed by atoms with van der Waals surface area (Å²) in [6.45, 7) is 0. The zero-order chi connectivity index (χ0) is 24.6. The van der Waals surface area contributed by atoms with Crippen LogP contribution in [0.5, 0.6) is 0 Å². The number of rotatable bonds is 5. The fourth-order valence-corrected chi connectivity index (χ4v) is 3.94. The number of aromatic nitrogens is 6. The second kappa shape index (κ2) is 9.06. The second-order valence-electron chi connectivity index (χ2n) is 8.36. The number of hydrogen-bond acceptors (Lipinski definition) is 8. The van der Waals surface area contributed by atoms with Gasteiger partial charge in [0, 0.05) is 36.2 Å². The average molecular weight is 487 g/mol. The van der Waals surface area contributed by atoms with Gasteiger partial charge in [0.15, 0.2) is 17.3 Å². The van der Waals surface area contributed by atoms with Crippen molar-refractivity contribution in [3.8, 4) is 11.3 Å². The smallest absolute Gasteiger partial charge is 0.366 e. The standard InChI is InChI=1S/C22H21F4N9/c23-16-7-13(22(24,25)26)10-29-20(16)33-21-30-8-12(9-31-21)17-11-28-19-6-5-18(34-35(17)19)32-15-3-1-14(27)2-4-15/h5-11,14-15H,1-4,27H2,(H,32,34)(H,29,30,31,33). The van der Waals surface area contributed by atoms with Crippen molar-refractivity contribution in [2.24, 2.45) is 5.73 Å². The molecule has 1 aliphatic carbocycles. The van der Waals surface area contributed by atoms with E-state index in [-0.39, 0.29) is 12.0 Å². The number of halogens is 4. The van der Waals surface area contributed by atoms with E-state index in [1.54, 1.807) is 10.7 Å². The SMILES string of the molecule is NC1CCC(Nc2ccc3ncc(-c4cnc(Nc5ncc(C(F)(F)F)cc5F)nc4)n3n2)CC1. The first-order chi connectivity index (χ1) is 16.8. The molecule has 1 aliphatic rings. The molecule has 4 aromatic heterocycles. The number of nitrogens with one attached hydrogen (secondary N) is 2. The Labute approximate surface area is 196 Å². The zero-order valence-electron chi connectivity index (χ0n) is 18.3. The minimum Gasteiger partial charge on any atom is -0.366 e. The van der Waals surface area contributed by atoms with Gasteiger partial charge in [-0.3, -0.25) is 0 Å². The number of nitrogens with two attached hydrogens (primary N) is 1. The lowest BCUT2D eigenvalue weighted by atomic mass is 9.92. The molecule has 0 aliphatic heterocycles. The van der Waals surface area contributed by atoms with Gasteiger partial charge in [-0.25, -0.2) is 28.8 Å². The number of fused-ring (bicyclic) bond motifs is 1. The van der Waals surface area contributed by atoms with Crippen molar-refractivity contribution in [3.63, 3.8) is 0 Å². The Morgan fingerprint density at radius 2 is 1.69 bits per heavy atom. The first-order valence-electron chi connectivity index (χ1n) is 11.0. The fraction of sp³-hybridized carbons (Fsp3) is 0.318. The molecule has 1 saturated carbocycles. The summed E-state index contributed by atoms with van der Waals surface area (Å²) in [4.78, 5) is 16.1. The number of imidazole rings is 1. The summed E-state index contributed by atoms with van der Waals surface area (Å²) in [7, 11) is 0. The molecule has 9 nitrogen and oxygen atoms in total. The molecule has 4 N–H and O–H groups in total. The number of nitrogens with zero attached hydrogens (tertiary/aromatic N) is 6. The highest BCUT2D eigenvalue weighted by Crippen LogP contribution is 2.30. The lowest BCUT2D eigenvalue weighted by Gasteiger charge is -2.27. The molecule has 0 amide bonds. The van der Waals surface area contributed by atoms with E-state index in [4.69, 9.17) is 5.73 Å². The van der Waals surface area contributed by atoms with Crippen molar-refractivity contribution < 1.29 is 17.6 Å². The topological polar surface area (TPSA) is 119 Å². The van der Waals surface area contributed by atoms with E-state index in [9.17, 15) is 17.6 Å². The molecule has 0 spiro atoms. The zero-order valence-corrected chi connectivity index (χ0v) is 18.3. The third kappa shape index (κ3) is 4.99. The molecule has 5 rings (SSSR count). The molecule has 4 heterocycles. The summed E-state index contributed by atoms with van der Waals surface area (Å²) >= 11 is 0. The third-order valence-corrected chi connectivity index (χ3v) is 5.83. The number of hydrogen-bond donors (Lipinski definition) is 3. The molecule has 35 heavy (non-hydrogen) atoms. The molecule has 4 aromatic rings. The van der Waals surface area contributed by atoms with Gasteiger partial charge in [-0.1, -0.05) is 0 Å². The minimum absolute atomic E-state index is 0.0282. The summed E-state index contributed by atoms with van der Waals surface area (Å²) in [5, 5.41) is 10.6.